The topological polar surface area (TPSA) is 35.2 Å². The maximum atomic E-state index is 5.70. The van der Waals surface area contributed by atoms with Crippen LogP contribution in [0.5, 0.6) is 0 Å². The summed E-state index contributed by atoms with van der Waals surface area (Å²) in [7, 11) is 0. The van der Waals surface area contributed by atoms with E-state index in [2.05, 4.69) is 24.3 Å². The summed E-state index contributed by atoms with van der Waals surface area (Å²) >= 11 is 0. The summed E-state index contributed by atoms with van der Waals surface area (Å²) in [6.45, 7) is 4.78. The monoisotopic (exact) mass is 207 g/mol. The van der Waals surface area contributed by atoms with Crippen LogP contribution in [-0.2, 0) is 11.2 Å². The first kappa shape index (κ1) is 12.2. The van der Waals surface area contributed by atoms with E-state index in [-0.39, 0.29) is 12.1 Å². The van der Waals surface area contributed by atoms with Crippen molar-refractivity contribution < 1.29 is 4.74 Å². The van der Waals surface area contributed by atoms with Crippen LogP contribution >= 0.6 is 0 Å². The molecule has 2 nitrogen and oxygen atoms in total. The van der Waals surface area contributed by atoms with E-state index in [1.807, 2.05) is 19.9 Å². The van der Waals surface area contributed by atoms with Gasteiger partial charge in [-0.05, 0) is 32.3 Å². The van der Waals surface area contributed by atoms with E-state index in [4.69, 9.17) is 10.5 Å². The van der Waals surface area contributed by atoms with Gasteiger partial charge in [0.15, 0.2) is 0 Å². The summed E-state index contributed by atoms with van der Waals surface area (Å²) in [6, 6.07) is 10.6. The molecule has 1 aromatic carbocycles. The minimum atomic E-state index is 0.113. The van der Waals surface area contributed by atoms with Gasteiger partial charge in [0.25, 0.3) is 0 Å². The largest absolute Gasteiger partial charge is 0.377 e. The van der Waals surface area contributed by atoms with Crippen LogP contribution < -0.4 is 5.73 Å². The second kappa shape index (κ2) is 6.59. The first-order valence-corrected chi connectivity index (χ1v) is 5.61. The van der Waals surface area contributed by atoms with Crippen molar-refractivity contribution in [3.63, 3.8) is 0 Å². The highest BCUT2D eigenvalue weighted by Gasteiger charge is 2.06. The van der Waals surface area contributed by atoms with Crippen molar-refractivity contribution in [3.8, 4) is 0 Å². The van der Waals surface area contributed by atoms with Crippen molar-refractivity contribution >= 4 is 0 Å². The summed E-state index contributed by atoms with van der Waals surface area (Å²) in [6.07, 6.45) is 2.29. The molecule has 0 aliphatic carbocycles. The van der Waals surface area contributed by atoms with Gasteiger partial charge in [-0.1, -0.05) is 30.3 Å². The molecule has 2 N–H and O–H groups in total. The molecule has 0 radical (unpaired) electrons. The van der Waals surface area contributed by atoms with Crippen LogP contribution in [0.1, 0.15) is 25.8 Å². The minimum Gasteiger partial charge on any atom is -0.377 e. The normalized spacial score (nSPS) is 14.9. The second-order valence-electron chi connectivity index (χ2n) is 4.02. The maximum Gasteiger partial charge on any atom is 0.0695 e. The fourth-order valence-electron chi connectivity index (χ4n) is 1.34. The molecule has 2 atom stereocenters. The van der Waals surface area contributed by atoms with Crippen LogP contribution in [0.15, 0.2) is 30.3 Å². The highest BCUT2D eigenvalue weighted by atomic mass is 16.5. The minimum absolute atomic E-state index is 0.113. The van der Waals surface area contributed by atoms with Crippen molar-refractivity contribution in [1.82, 2.24) is 0 Å². The van der Waals surface area contributed by atoms with Gasteiger partial charge >= 0.3 is 0 Å². The quantitative estimate of drug-likeness (QED) is 0.727. The Hall–Kier alpha value is -0.860. The smallest absolute Gasteiger partial charge is 0.0695 e. The molecule has 15 heavy (non-hydrogen) atoms. The summed E-state index contributed by atoms with van der Waals surface area (Å²) in [4.78, 5) is 0. The molecule has 1 aromatic rings. The molecule has 1 rings (SSSR count). The zero-order valence-corrected chi connectivity index (χ0v) is 9.65. The Bertz CT molecular complexity index is 258. The molecule has 0 aliphatic heterocycles. The molecular weight excluding hydrogens is 186 g/mol. The van der Waals surface area contributed by atoms with Gasteiger partial charge in [-0.15, -0.1) is 0 Å². The van der Waals surface area contributed by atoms with Crippen molar-refractivity contribution in [2.24, 2.45) is 5.73 Å². The first-order valence-electron chi connectivity index (χ1n) is 5.61. The fourth-order valence-corrected chi connectivity index (χ4v) is 1.34. The van der Waals surface area contributed by atoms with Gasteiger partial charge < -0.3 is 10.5 Å². The fraction of sp³-hybridized carbons (Fsp3) is 0.538. The average molecular weight is 207 g/mol. The van der Waals surface area contributed by atoms with E-state index in [9.17, 15) is 0 Å². The molecule has 2 heteroatoms. The number of aryl methyl sites for hydroxylation is 1. The second-order valence-corrected chi connectivity index (χ2v) is 4.02. The molecule has 0 aromatic heterocycles. The summed E-state index contributed by atoms with van der Waals surface area (Å²) in [5.41, 5.74) is 7.07. The van der Waals surface area contributed by atoms with Crippen molar-refractivity contribution in [2.75, 3.05) is 6.61 Å². The lowest BCUT2D eigenvalue weighted by Crippen LogP contribution is -2.31. The third-order valence-corrected chi connectivity index (χ3v) is 2.57. The van der Waals surface area contributed by atoms with Gasteiger partial charge in [0.2, 0.25) is 0 Å². The summed E-state index contributed by atoms with van der Waals surface area (Å²) in [5, 5.41) is 0. The van der Waals surface area contributed by atoms with Gasteiger partial charge in [0.1, 0.15) is 0 Å². The summed E-state index contributed by atoms with van der Waals surface area (Å²) in [5.74, 6) is 0. The number of benzene rings is 1. The molecule has 0 saturated heterocycles. The molecule has 1 unspecified atom stereocenters. The highest BCUT2D eigenvalue weighted by Crippen LogP contribution is 2.03. The van der Waals surface area contributed by atoms with E-state index >= 15 is 0 Å². The van der Waals surface area contributed by atoms with E-state index in [0.29, 0.717) is 0 Å². The van der Waals surface area contributed by atoms with E-state index in [1.54, 1.807) is 0 Å². The number of hydrogen-bond acceptors (Lipinski definition) is 2. The van der Waals surface area contributed by atoms with E-state index in [0.717, 1.165) is 19.4 Å². The van der Waals surface area contributed by atoms with Gasteiger partial charge in [-0.2, -0.15) is 0 Å². The van der Waals surface area contributed by atoms with Crippen molar-refractivity contribution in [3.05, 3.63) is 35.9 Å². The van der Waals surface area contributed by atoms with Crippen LogP contribution in [0.4, 0.5) is 0 Å². The average Bonchev–Trinajstić information content (AvgIpc) is 2.25. The first-order chi connectivity index (χ1) is 7.20. The SMILES string of the molecule is CC(OCCCc1ccccc1)[C@@H](C)N. The van der Waals surface area contributed by atoms with E-state index in [1.165, 1.54) is 5.56 Å². The van der Waals surface area contributed by atoms with Crippen LogP contribution in [0, 0.1) is 0 Å². The Morgan fingerprint density at radius 2 is 1.87 bits per heavy atom. The maximum absolute atomic E-state index is 5.70. The lowest BCUT2D eigenvalue weighted by Gasteiger charge is -2.16. The van der Waals surface area contributed by atoms with Crippen molar-refractivity contribution in [2.45, 2.75) is 38.8 Å². The predicted octanol–water partition coefficient (Wildman–Crippen LogP) is 2.37. The van der Waals surface area contributed by atoms with Gasteiger partial charge in [0, 0.05) is 12.6 Å². The number of hydrogen-bond donors (Lipinski definition) is 1. The van der Waals surface area contributed by atoms with Gasteiger partial charge in [0.05, 0.1) is 6.10 Å². The Morgan fingerprint density at radius 3 is 2.47 bits per heavy atom. The number of ether oxygens (including phenoxy) is 1. The molecule has 0 amide bonds. The molecule has 0 saturated carbocycles. The Kier molecular flexibility index (Phi) is 5.37. The Morgan fingerprint density at radius 1 is 1.20 bits per heavy atom. The molecule has 0 heterocycles. The van der Waals surface area contributed by atoms with Gasteiger partial charge in [-0.3, -0.25) is 0 Å². The Balaban J connectivity index is 2.12. The molecule has 84 valence electrons. The van der Waals surface area contributed by atoms with Gasteiger partial charge in [-0.25, -0.2) is 0 Å². The Labute approximate surface area is 92.4 Å². The molecule has 0 aliphatic rings. The van der Waals surface area contributed by atoms with Crippen LogP contribution in [-0.4, -0.2) is 18.8 Å². The lowest BCUT2D eigenvalue weighted by molar-refractivity contribution is 0.0508. The predicted molar refractivity (Wildman–Crippen MR) is 63.8 cm³/mol. The number of nitrogens with two attached hydrogens (primary N) is 1. The zero-order chi connectivity index (χ0) is 11.1. The number of rotatable bonds is 6. The lowest BCUT2D eigenvalue weighted by atomic mass is 10.1. The van der Waals surface area contributed by atoms with Crippen molar-refractivity contribution in [1.29, 1.82) is 0 Å². The molecular formula is C13H21NO. The third-order valence-electron chi connectivity index (χ3n) is 2.57. The zero-order valence-electron chi connectivity index (χ0n) is 9.65. The third kappa shape index (κ3) is 4.96. The van der Waals surface area contributed by atoms with Crippen LogP contribution in [0.25, 0.3) is 0 Å². The molecule has 0 fully saturated rings. The molecule has 0 spiro atoms. The van der Waals surface area contributed by atoms with Crippen LogP contribution in [0.3, 0.4) is 0 Å². The molecule has 0 bridgehead atoms. The van der Waals surface area contributed by atoms with Crippen LogP contribution in [0.2, 0.25) is 0 Å². The highest BCUT2D eigenvalue weighted by molar-refractivity contribution is 5.14. The van der Waals surface area contributed by atoms with E-state index < -0.39 is 0 Å². The summed E-state index contributed by atoms with van der Waals surface area (Å²) < 4.78 is 5.60. The standard InChI is InChI=1S/C13H21NO/c1-11(14)12(2)15-10-6-9-13-7-4-3-5-8-13/h3-5,7-8,11-12H,6,9-10,14H2,1-2H3/t11-,12?/m1/s1.